The standard InChI is InChI=1S/C11H11N3O2/c12-6-8-1-4-13-9(5-8)14-7-11(2-3-11)10(15)16/h1,4-5H,2-3,7H2,(H,13,14)(H,15,16). The van der Waals surface area contributed by atoms with Crippen LogP contribution in [0, 0.1) is 16.7 Å². The van der Waals surface area contributed by atoms with Gasteiger partial charge >= 0.3 is 5.97 Å². The Morgan fingerprint density at radius 2 is 2.44 bits per heavy atom. The van der Waals surface area contributed by atoms with Gasteiger partial charge in [0.15, 0.2) is 0 Å². The van der Waals surface area contributed by atoms with Gasteiger partial charge in [-0.2, -0.15) is 5.26 Å². The van der Waals surface area contributed by atoms with Crippen LogP contribution in [0.2, 0.25) is 0 Å². The van der Waals surface area contributed by atoms with E-state index >= 15 is 0 Å². The summed E-state index contributed by atoms with van der Waals surface area (Å²) in [6.45, 7) is 0.365. The molecule has 1 aromatic rings. The first-order chi connectivity index (χ1) is 7.66. The fourth-order valence-electron chi connectivity index (χ4n) is 1.47. The lowest BCUT2D eigenvalue weighted by Crippen LogP contribution is -2.24. The van der Waals surface area contributed by atoms with Gasteiger partial charge in [-0.25, -0.2) is 4.98 Å². The van der Waals surface area contributed by atoms with Gasteiger partial charge in [0.1, 0.15) is 5.82 Å². The Bertz CT molecular complexity index is 461. The number of nitriles is 1. The van der Waals surface area contributed by atoms with Gasteiger partial charge in [-0.15, -0.1) is 0 Å². The fraction of sp³-hybridized carbons (Fsp3) is 0.364. The van der Waals surface area contributed by atoms with E-state index in [1.807, 2.05) is 6.07 Å². The van der Waals surface area contributed by atoms with E-state index in [2.05, 4.69) is 10.3 Å². The molecule has 5 heteroatoms. The molecule has 16 heavy (non-hydrogen) atoms. The summed E-state index contributed by atoms with van der Waals surface area (Å²) < 4.78 is 0. The molecule has 1 aromatic heterocycles. The number of carbonyl (C=O) groups is 1. The van der Waals surface area contributed by atoms with E-state index in [0.717, 1.165) is 0 Å². The van der Waals surface area contributed by atoms with Gasteiger partial charge in [-0.1, -0.05) is 0 Å². The zero-order valence-electron chi connectivity index (χ0n) is 8.60. The Morgan fingerprint density at radius 1 is 1.69 bits per heavy atom. The highest BCUT2D eigenvalue weighted by atomic mass is 16.4. The summed E-state index contributed by atoms with van der Waals surface area (Å²) in [5, 5.41) is 20.6. The summed E-state index contributed by atoms with van der Waals surface area (Å²) in [6.07, 6.45) is 2.93. The molecule has 0 saturated heterocycles. The lowest BCUT2D eigenvalue weighted by Gasteiger charge is -2.11. The van der Waals surface area contributed by atoms with Crippen LogP contribution >= 0.6 is 0 Å². The van der Waals surface area contributed by atoms with Gasteiger partial charge in [-0.05, 0) is 25.0 Å². The highest BCUT2D eigenvalue weighted by Crippen LogP contribution is 2.45. The predicted octanol–water partition coefficient (Wildman–Crippen LogP) is 1.23. The third-order valence-corrected chi connectivity index (χ3v) is 2.80. The minimum atomic E-state index is -0.767. The molecule has 1 aliphatic rings. The maximum Gasteiger partial charge on any atom is 0.311 e. The van der Waals surface area contributed by atoms with Crippen molar-refractivity contribution in [2.24, 2.45) is 5.41 Å². The molecule has 1 heterocycles. The number of carboxylic acids is 1. The van der Waals surface area contributed by atoms with Crippen LogP contribution in [0.3, 0.4) is 0 Å². The SMILES string of the molecule is N#Cc1ccnc(NCC2(C(=O)O)CC2)c1. The zero-order valence-corrected chi connectivity index (χ0v) is 8.60. The molecular weight excluding hydrogens is 206 g/mol. The third kappa shape index (κ3) is 1.96. The van der Waals surface area contributed by atoms with Gasteiger partial charge in [-0.3, -0.25) is 4.79 Å². The van der Waals surface area contributed by atoms with Crippen molar-refractivity contribution >= 4 is 11.8 Å². The van der Waals surface area contributed by atoms with E-state index in [-0.39, 0.29) is 0 Å². The molecule has 0 aliphatic heterocycles. The minimum absolute atomic E-state index is 0.365. The van der Waals surface area contributed by atoms with Crippen molar-refractivity contribution in [1.82, 2.24) is 4.98 Å². The predicted molar refractivity (Wildman–Crippen MR) is 56.7 cm³/mol. The zero-order chi connectivity index (χ0) is 11.6. The largest absolute Gasteiger partial charge is 0.481 e. The lowest BCUT2D eigenvalue weighted by atomic mass is 10.1. The maximum atomic E-state index is 10.9. The Labute approximate surface area is 92.7 Å². The van der Waals surface area contributed by atoms with E-state index < -0.39 is 11.4 Å². The number of nitrogens with one attached hydrogen (secondary N) is 1. The van der Waals surface area contributed by atoms with Crippen molar-refractivity contribution in [3.8, 4) is 6.07 Å². The highest BCUT2D eigenvalue weighted by molar-refractivity contribution is 5.78. The number of anilines is 1. The van der Waals surface area contributed by atoms with Crippen molar-refractivity contribution in [3.63, 3.8) is 0 Å². The van der Waals surface area contributed by atoms with E-state index in [1.165, 1.54) is 6.20 Å². The molecule has 2 N–H and O–H groups in total. The molecule has 82 valence electrons. The van der Waals surface area contributed by atoms with Crippen molar-refractivity contribution in [2.45, 2.75) is 12.8 Å². The van der Waals surface area contributed by atoms with Crippen molar-refractivity contribution in [1.29, 1.82) is 5.26 Å². The van der Waals surface area contributed by atoms with Crippen molar-refractivity contribution < 1.29 is 9.90 Å². The van der Waals surface area contributed by atoms with Gasteiger partial charge in [0, 0.05) is 12.7 Å². The summed E-state index contributed by atoms with van der Waals surface area (Å²) in [5.74, 6) is -0.219. The molecule has 1 fully saturated rings. The van der Waals surface area contributed by atoms with Crippen LogP contribution < -0.4 is 5.32 Å². The van der Waals surface area contributed by atoms with Crippen LogP contribution in [0.4, 0.5) is 5.82 Å². The summed E-state index contributed by atoms with van der Waals surface area (Å²) in [4.78, 5) is 14.9. The van der Waals surface area contributed by atoms with E-state index in [1.54, 1.807) is 12.1 Å². The van der Waals surface area contributed by atoms with Crippen LogP contribution in [0.1, 0.15) is 18.4 Å². The molecule has 5 nitrogen and oxygen atoms in total. The summed E-state index contributed by atoms with van der Waals surface area (Å²) in [6, 6.07) is 5.22. The summed E-state index contributed by atoms with van der Waals surface area (Å²) in [7, 11) is 0. The molecule has 0 amide bonds. The molecule has 0 atom stereocenters. The second kappa shape index (κ2) is 3.81. The molecule has 0 unspecified atom stereocenters. The molecule has 0 spiro atoms. The van der Waals surface area contributed by atoms with E-state index in [9.17, 15) is 4.79 Å². The molecule has 0 aromatic carbocycles. The van der Waals surface area contributed by atoms with E-state index in [4.69, 9.17) is 10.4 Å². The van der Waals surface area contributed by atoms with E-state index in [0.29, 0.717) is 30.8 Å². The molecular formula is C11H11N3O2. The van der Waals surface area contributed by atoms with Crippen molar-refractivity contribution in [2.75, 3.05) is 11.9 Å². The quantitative estimate of drug-likeness (QED) is 0.792. The molecule has 1 aliphatic carbocycles. The Hall–Kier alpha value is -2.09. The fourth-order valence-corrected chi connectivity index (χ4v) is 1.47. The second-order valence-corrected chi connectivity index (χ2v) is 3.98. The average Bonchev–Trinajstić information content (AvgIpc) is 3.08. The monoisotopic (exact) mass is 217 g/mol. The van der Waals surface area contributed by atoms with Crippen LogP contribution in [-0.4, -0.2) is 22.6 Å². The number of hydrogen-bond acceptors (Lipinski definition) is 4. The number of rotatable bonds is 4. The Kier molecular flexibility index (Phi) is 2.49. The van der Waals surface area contributed by atoms with Gasteiger partial charge in [0.25, 0.3) is 0 Å². The molecule has 2 rings (SSSR count). The number of hydrogen-bond donors (Lipinski definition) is 2. The van der Waals surface area contributed by atoms with Crippen LogP contribution in [0.5, 0.6) is 0 Å². The number of aromatic nitrogens is 1. The number of carboxylic acid groups (broad SMARTS) is 1. The smallest absolute Gasteiger partial charge is 0.311 e. The molecule has 1 saturated carbocycles. The van der Waals surface area contributed by atoms with Crippen LogP contribution in [-0.2, 0) is 4.79 Å². The topological polar surface area (TPSA) is 86.0 Å². The third-order valence-electron chi connectivity index (χ3n) is 2.80. The second-order valence-electron chi connectivity index (χ2n) is 3.98. The lowest BCUT2D eigenvalue weighted by molar-refractivity contribution is -0.142. The number of nitrogens with zero attached hydrogens (tertiary/aromatic N) is 2. The van der Waals surface area contributed by atoms with Crippen LogP contribution in [0.25, 0.3) is 0 Å². The minimum Gasteiger partial charge on any atom is -0.481 e. The maximum absolute atomic E-state index is 10.9. The number of aliphatic carboxylic acids is 1. The first-order valence-electron chi connectivity index (χ1n) is 5.00. The van der Waals surface area contributed by atoms with Gasteiger partial charge < -0.3 is 10.4 Å². The van der Waals surface area contributed by atoms with Gasteiger partial charge in [0.05, 0.1) is 17.0 Å². The first-order valence-corrected chi connectivity index (χ1v) is 5.00. The molecule has 0 bridgehead atoms. The van der Waals surface area contributed by atoms with Crippen LogP contribution in [0.15, 0.2) is 18.3 Å². The Morgan fingerprint density at radius 3 is 3.00 bits per heavy atom. The average molecular weight is 217 g/mol. The summed E-state index contributed by atoms with van der Waals surface area (Å²) >= 11 is 0. The first kappa shape index (κ1) is 10.4. The highest BCUT2D eigenvalue weighted by Gasteiger charge is 2.50. The van der Waals surface area contributed by atoms with Gasteiger partial charge in [0.2, 0.25) is 0 Å². The van der Waals surface area contributed by atoms with Crippen molar-refractivity contribution in [3.05, 3.63) is 23.9 Å². The number of pyridine rings is 1. The Balaban J connectivity index is 2.00. The normalized spacial score (nSPS) is 16.2. The summed E-state index contributed by atoms with van der Waals surface area (Å²) in [5.41, 5.74) is -0.109. The molecule has 0 radical (unpaired) electrons.